The van der Waals surface area contributed by atoms with E-state index < -0.39 is 23.5 Å². The van der Waals surface area contributed by atoms with Gasteiger partial charge in [-0.1, -0.05) is 60.7 Å². The third-order valence-corrected chi connectivity index (χ3v) is 9.83. The first kappa shape index (κ1) is 37.9. The molecule has 0 aliphatic heterocycles. The quantitative estimate of drug-likeness (QED) is 0.161. The molecule has 10 aromatic rings. The number of imidazole rings is 2. The van der Waals surface area contributed by atoms with Crippen LogP contribution < -0.4 is 0 Å². The van der Waals surface area contributed by atoms with Crippen LogP contribution in [0, 0.1) is 0 Å². The highest BCUT2D eigenvalue weighted by molar-refractivity contribution is 5.97. The molecule has 0 amide bonds. The van der Waals surface area contributed by atoms with E-state index in [9.17, 15) is 35.9 Å². The van der Waals surface area contributed by atoms with Gasteiger partial charge in [0.25, 0.3) is 0 Å². The second-order valence-electron chi connectivity index (χ2n) is 13.7. The van der Waals surface area contributed by atoms with E-state index in [4.69, 9.17) is 8.83 Å². The predicted octanol–water partition coefficient (Wildman–Crippen LogP) is 11.9. The summed E-state index contributed by atoms with van der Waals surface area (Å²) in [7, 11) is 0. The zero-order valence-corrected chi connectivity index (χ0v) is 31.3. The van der Waals surface area contributed by atoms with Crippen LogP contribution in [0.4, 0.5) is 26.3 Å². The maximum absolute atomic E-state index is 13.0. The molecule has 16 heteroatoms. The van der Waals surface area contributed by atoms with Crippen molar-refractivity contribution < 1.29 is 44.8 Å². The molecule has 0 unspecified atom stereocenters. The molecule has 4 aromatic carbocycles. The van der Waals surface area contributed by atoms with Crippen LogP contribution in [0.1, 0.15) is 34.6 Å². The molecule has 0 bridgehead atoms. The van der Waals surface area contributed by atoms with Gasteiger partial charge in [0, 0.05) is 25.0 Å². The number of carbonyl (C=O) groups excluding carboxylic acids is 2. The zero-order valence-electron chi connectivity index (χ0n) is 31.3. The van der Waals surface area contributed by atoms with Crippen molar-refractivity contribution in [2.75, 3.05) is 0 Å². The summed E-state index contributed by atoms with van der Waals surface area (Å²) < 4.78 is 96.4. The Kier molecular flexibility index (Phi) is 8.87. The molecule has 10 nitrogen and oxygen atoms in total. The first-order valence-electron chi connectivity index (χ1n) is 18.2. The summed E-state index contributed by atoms with van der Waals surface area (Å²) >= 11 is 0. The number of rotatable bonds is 2. The number of benzene rings is 4. The maximum Gasteiger partial charge on any atom is 0.416 e. The van der Waals surface area contributed by atoms with Crippen LogP contribution in [0.5, 0.6) is 0 Å². The summed E-state index contributed by atoms with van der Waals surface area (Å²) in [5, 5.41) is 0. The molecule has 0 radical (unpaired) electrons. The summed E-state index contributed by atoms with van der Waals surface area (Å²) in [5.41, 5.74) is 4.95. The fourth-order valence-corrected chi connectivity index (χ4v) is 7.24. The van der Waals surface area contributed by atoms with Crippen LogP contribution in [0.3, 0.4) is 0 Å². The average molecular weight is 819 g/mol. The molecule has 6 heterocycles. The Morgan fingerprint density at radius 3 is 1.20 bits per heavy atom. The second-order valence-corrected chi connectivity index (χ2v) is 13.7. The number of aromatic nitrogens is 6. The van der Waals surface area contributed by atoms with Gasteiger partial charge < -0.3 is 8.83 Å². The third-order valence-electron chi connectivity index (χ3n) is 9.83. The minimum Gasteiger partial charge on any atom is -0.438 e. The predicted molar refractivity (Wildman–Crippen MR) is 212 cm³/mol. The second kappa shape index (κ2) is 14.0. The molecule has 0 saturated carbocycles. The van der Waals surface area contributed by atoms with E-state index in [2.05, 4.69) is 9.97 Å². The number of para-hydroxylation sites is 4. The van der Waals surface area contributed by atoms with E-state index >= 15 is 0 Å². The van der Waals surface area contributed by atoms with E-state index in [1.54, 1.807) is 93.7 Å². The molecule has 0 N–H and O–H groups in total. The van der Waals surface area contributed by atoms with Crippen LogP contribution in [-0.2, 0) is 12.4 Å². The largest absolute Gasteiger partial charge is 0.438 e. The minimum atomic E-state index is -4.44. The Bertz CT molecular complexity index is 3130. The lowest BCUT2D eigenvalue weighted by molar-refractivity contribution is -0.138. The van der Waals surface area contributed by atoms with Gasteiger partial charge in [-0.15, -0.1) is 0 Å². The molecule has 60 heavy (non-hydrogen) atoms. The standard InChI is InChI=1S/2C22H14F3N3O2/c2*1-13(29)27-16-5-2-3-6-17(16)30-19-8-4-7-18-26-20(21(27)28(18)19)14-9-11-15(12-10-14)22(23,24)25/h2*2-12H,1H3. The van der Waals surface area contributed by atoms with Crippen molar-refractivity contribution in [3.05, 3.63) is 145 Å². The van der Waals surface area contributed by atoms with Gasteiger partial charge in [0.2, 0.25) is 23.2 Å². The lowest BCUT2D eigenvalue weighted by atomic mass is 10.1. The molecule has 0 fully saturated rings. The highest BCUT2D eigenvalue weighted by Crippen LogP contribution is 2.36. The monoisotopic (exact) mass is 818 g/mol. The van der Waals surface area contributed by atoms with Gasteiger partial charge in [-0.25, -0.2) is 18.8 Å². The van der Waals surface area contributed by atoms with E-state index in [-0.39, 0.29) is 11.8 Å². The molecule has 0 spiro atoms. The van der Waals surface area contributed by atoms with E-state index in [1.165, 1.54) is 47.2 Å². The van der Waals surface area contributed by atoms with Crippen molar-refractivity contribution in [2.45, 2.75) is 26.2 Å². The number of hydrogen-bond donors (Lipinski definition) is 0. The van der Waals surface area contributed by atoms with Gasteiger partial charge in [-0.3, -0.25) is 18.7 Å². The van der Waals surface area contributed by atoms with Gasteiger partial charge in [0.15, 0.2) is 22.5 Å². The normalized spacial score (nSPS) is 12.1. The summed E-state index contributed by atoms with van der Waals surface area (Å²) in [4.78, 5) is 34.6. The summed E-state index contributed by atoms with van der Waals surface area (Å²) in [6, 6.07) is 34.1. The number of halogens is 6. The lowest BCUT2D eigenvalue weighted by Gasteiger charge is -2.08. The SMILES string of the molecule is CC(=O)n1c2ccccc2oc2cccc3nc(-c4ccc(C(F)(F)F)cc4)c1n32.CC(=O)n1c2ccccc2oc2cccc3nc(-c4ccc(C(F)(F)F)cc4)c1n32. The molecule has 0 aliphatic carbocycles. The molecule has 10 rings (SSSR count). The lowest BCUT2D eigenvalue weighted by Crippen LogP contribution is -2.09. The Morgan fingerprint density at radius 2 is 0.850 bits per heavy atom. The van der Waals surface area contributed by atoms with Crippen LogP contribution in [0.25, 0.3) is 78.7 Å². The van der Waals surface area contributed by atoms with Crippen LogP contribution in [0.15, 0.2) is 142 Å². The molecule has 300 valence electrons. The number of alkyl halides is 6. The first-order valence-corrected chi connectivity index (χ1v) is 18.2. The van der Waals surface area contributed by atoms with E-state index in [0.717, 1.165) is 24.3 Å². The van der Waals surface area contributed by atoms with Crippen LogP contribution >= 0.6 is 0 Å². The molecule has 0 saturated heterocycles. The van der Waals surface area contributed by atoms with E-state index in [1.807, 2.05) is 0 Å². The molecule has 6 aromatic heterocycles. The van der Waals surface area contributed by atoms with Gasteiger partial charge in [-0.05, 0) is 72.8 Å². The van der Waals surface area contributed by atoms with Gasteiger partial charge in [0.1, 0.15) is 22.7 Å². The average Bonchev–Trinajstić information content (AvgIpc) is 3.69. The summed E-state index contributed by atoms with van der Waals surface area (Å²) in [5.74, 6) is -0.560. The minimum absolute atomic E-state index is 0.280. The molecule has 0 atom stereocenters. The zero-order chi connectivity index (χ0) is 42.1. The highest BCUT2D eigenvalue weighted by atomic mass is 19.4. The Labute approximate surface area is 333 Å². The van der Waals surface area contributed by atoms with Gasteiger partial charge >= 0.3 is 12.4 Å². The topological polar surface area (TPSA) is 105 Å². The number of fused-ring (bicyclic) bond motifs is 2. The number of carbonyl (C=O) groups is 2. The molecular formula is C44H28F6N6O4. The smallest absolute Gasteiger partial charge is 0.416 e. The fourth-order valence-electron chi connectivity index (χ4n) is 7.24. The number of nitrogens with zero attached hydrogens (tertiary/aromatic N) is 6. The van der Waals surface area contributed by atoms with Crippen molar-refractivity contribution in [3.8, 4) is 22.5 Å². The maximum atomic E-state index is 13.0. The molecular weight excluding hydrogens is 791 g/mol. The Hall–Kier alpha value is -7.62. The van der Waals surface area contributed by atoms with E-state index in [0.29, 0.717) is 78.7 Å². The van der Waals surface area contributed by atoms with Crippen LogP contribution in [-0.4, -0.2) is 39.7 Å². The number of hydrogen-bond acceptors (Lipinski definition) is 6. The number of pyridine rings is 2. The van der Waals surface area contributed by atoms with Crippen molar-refractivity contribution in [1.29, 1.82) is 0 Å². The highest BCUT2D eigenvalue weighted by Gasteiger charge is 2.31. The van der Waals surface area contributed by atoms with Crippen LogP contribution in [0.2, 0.25) is 0 Å². The van der Waals surface area contributed by atoms with Crippen molar-refractivity contribution in [3.63, 3.8) is 0 Å². The Morgan fingerprint density at radius 1 is 0.483 bits per heavy atom. The van der Waals surface area contributed by atoms with Crippen molar-refractivity contribution in [2.24, 2.45) is 0 Å². The fraction of sp³-hybridized carbons (Fsp3) is 0.0909. The van der Waals surface area contributed by atoms with Gasteiger partial charge in [-0.2, -0.15) is 26.3 Å². The Balaban J connectivity index is 0.000000154. The summed E-state index contributed by atoms with van der Waals surface area (Å²) in [6.07, 6.45) is -8.87. The van der Waals surface area contributed by atoms with Crippen molar-refractivity contribution in [1.82, 2.24) is 27.9 Å². The molecule has 0 aliphatic rings. The summed E-state index contributed by atoms with van der Waals surface area (Å²) in [6.45, 7) is 2.83. The first-order chi connectivity index (χ1) is 28.7. The third kappa shape index (κ3) is 6.42. The van der Waals surface area contributed by atoms with Crippen molar-refractivity contribution >= 4 is 68.0 Å². The van der Waals surface area contributed by atoms with Gasteiger partial charge in [0.05, 0.1) is 22.2 Å².